The van der Waals surface area contributed by atoms with Crippen LogP contribution >= 0.6 is 15.9 Å². The van der Waals surface area contributed by atoms with Gasteiger partial charge in [0, 0.05) is 17.1 Å². The van der Waals surface area contributed by atoms with Crippen LogP contribution in [0.1, 0.15) is 44.6 Å². The van der Waals surface area contributed by atoms with Gasteiger partial charge in [-0.05, 0) is 43.4 Å². The minimum absolute atomic E-state index is 0.647. The Bertz CT molecular complexity index is 345. The molecule has 1 nitrogen and oxygen atoms in total. The van der Waals surface area contributed by atoms with Gasteiger partial charge >= 0.3 is 0 Å². The SMILES string of the molecule is C[C@@H](NCc1cccc(Br)c1)C1CCCCC1. The molecule has 1 aliphatic carbocycles. The molecule has 17 heavy (non-hydrogen) atoms. The van der Waals surface area contributed by atoms with Crippen LogP contribution in [0.3, 0.4) is 0 Å². The molecule has 1 saturated carbocycles. The summed E-state index contributed by atoms with van der Waals surface area (Å²) in [6, 6.07) is 9.21. The molecule has 0 unspecified atom stereocenters. The van der Waals surface area contributed by atoms with E-state index in [1.165, 1.54) is 42.1 Å². The molecule has 0 spiro atoms. The van der Waals surface area contributed by atoms with E-state index < -0.39 is 0 Å². The molecule has 2 heteroatoms. The van der Waals surface area contributed by atoms with E-state index >= 15 is 0 Å². The Morgan fingerprint density at radius 3 is 2.76 bits per heavy atom. The van der Waals surface area contributed by atoms with Crippen molar-refractivity contribution in [2.24, 2.45) is 5.92 Å². The lowest BCUT2D eigenvalue weighted by Gasteiger charge is -2.28. The lowest BCUT2D eigenvalue weighted by molar-refractivity contribution is 0.280. The third-order valence-electron chi connectivity index (χ3n) is 3.87. The van der Waals surface area contributed by atoms with Gasteiger partial charge in [-0.1, -0.05) is 47.3 Å². The zero-order chi connectivity index (χ0) is 12.1. The van der Waals surface area contributed by atoms with Crippen LogP contribution in [-0.4, -0.2) is 6.04 Å². The number of halogens is 1. The summed E-state index contributed by atoms with van der Waals surface area (Å²) >= 11 is 3.52. The summed E-state index contributed by atoms with van der Waals surface area (Å²) in [6.45, 7) is 3.32. The van der Waals surface area contributed by atoms with Crippen LogP contribution in [0.5, 0.6) is 0 Å². The van der Waals surface area contributed by atoms with Crippen LogP contribution in [0.4, 0.5) is 0 Å². The van der Waals surface area contributed by atoms with Crippen molar-refractivity contribution in [2.75, 3.05) is 0 Å². The minimum Gasteiger partial charge on any atom is -0.310 e. The van der Waals surface area contributed by atoms with Crippen molar-refractivity contribution in [2.45, 2.75) is 51.6 Å². The van der Waals surface area contributed by atoms with Gasteiger partial charge in [0.2, 0.25) is 0 Å². The molecular formula is C15H22BrN. The van der Waals surface area contributed by atoms with E-state index in [1.54, 1.807) is 0 Å². The van der Waals surface area contributed by atoms with Crippen molar-refractivity contribution in [1.82, 2.24) is 5.32 Å². The third-order valence-corrected chi connectivity index (χ3v) is 4.37. The number of hydrogen-bond donors (Lipinski definition) is 1. The maximum Gasteiger partial charge on any atom is 0.0208 e. The monoisotopic (exact) mass is 295 g/mol. The molecule has 0 bridgehead atoms. The average Bonchev–Trinajstić information content (AvgIpc) is 2.37. The van der Waals surface area contributed by atoms with Gasteiger partial charge in [0.05, 0.1) is 0 Å². The summed E-state index contributed by atoms with van der Waals surface area (Å²) in [5.74, 6) is 0.885. The zero-order valence-corrected chi connectivity index (χ0v) is 12.2. The zero-order valence-electron chi connectivity index (χ0n) is 10.6. The van der Waals surface area contributed by atoms with Crippen LogP contribution in [-0.2, 0) is 6.54 Å². The fraction of sp³-hybridized carbons (Fsp3) is 0.600. The fourth-order valence-corrected chi connectivity index (χ4v) is 3.17. The Kier molecular flexibility index (Phi) is 5.05. The number of hydrogen-bond acceptors (Lipinski definition) is 1. The molecule has 0 aliphatic heterocycles. The molecule has 0 aromatic heterocycles. The minimum atomic E-state index is 0.647. The molecule has 1 aliphatic rings. The molecule has 0 saturated heterocycles. The van der Waals surface area contributed by atoms with Gasteiger partial charge in [0.1, 0.15) is 0 Å². The highest BCUT2D eigenvalue weighted by atomic mass is 79.9. The first-order valence-corrected chi connectivity index (χ1v) is 7.53. The lowest BCUT2D eigenvalue weighted by Crippen LogP contribution is -2.34. The first kappa shape index (κ1) is 13.1. The average molecular weight is 296 g/mol. The molecule has 1 aromatic carbocycles. The molecular weight excluding hydrogens is 274 g/mol. The topological polar surface area (TPSA) is 12.0 Å². The van der Waals surface area contributed by atoms with E-state index in [1.807, 2.05) is 0 Å². The second-order valence-electron chi connectivity index (χ2n) is 5.20. The summed E-state index contributed by atoms with van der Waals surface area (Å²) in [5.41, 5.74) is 1.36. The van der Waals surface area contributed by atoms with E-state index in [-0.39, 0.29) is 0 Å². The smallest absolute Gasteiger partial charge is 0.0208 e. The van der Waals surface area contributed by atoms with E-state index in [0.717, 1.165) is 12.5 Å². The van der Waals surface area contributed by atoms with E-state index in [9.17, 15) is 0 Å². The summed E-state index contributed by atoms with van der Waals surface area (Å²) < 4.78 is 1.17. The van der Waals surface area contributed by atoms with Gasteiger partial charge in [-0.25, -0.2) is 0 Å². The van der Waals surface area contributed by atoms with Crippen LogP contribution < -0.4 is 5.32 Å². The molecule has 2 rings (SSSR count). The lowest BCUT2D eigenvalue weighted by atomic mass is 9.84. The van der Waals surface area contributed by atoms with Crippen LogP contribution in [0.15, 0.2) is 28.7 Å². The first-order chi connectivity index (χ1) is 8.25. The largest absolute Gasteiger partial charge is 0.310 e. The Balaban J connectivity index is 1.80. The van der Waals surface area contributed by atoms with E-state index in [2.05, 4.69) is 52.4 Å². The van der Waals surface area contributed by atoms with Crippen molar-refractivity contribution < 1.29 is 0 Å². The second-order valence-corrected chi connectivity index (χ2v) is 6.11. The molecule has 94 valence electrons. The molecule has 1 atom stereocenters. The number of nitrogens with one attached hydrogen (secondary N) is 1. The van der Waals surface area contributed by atoms with Gasteiger partial charge in [-0.3, -0.25) is 0 Å². The predicted molar refractivity (Wildman–Crippen MR) is 77.0 cm³/mol. The van der Waals surface area contributed by atoms with E-state index in [4.69, 9.17) is 0 Å². The summed E-state index contributed by atoms with van der Waals surface area (Å²) in [6.07, 6.45) is 7.11. The third kappa shape index (κ3) is 4.11. The summed E-state index contributed by atoms with van der Waals surface area (Å²) in [4.78, 5) is 0. The van der Waals surface area contributed by atoms with Crippen LogP contribution in [0, 0.1) is 5.92 Å². The van der Waals surface area contributed by atoms with Gasteiger partial charge in [0.15, 0.2) is 0 Å². The quantitative estimate of drug-likeness (QED) is 0.862. The Morgan fingerprint density at radius 2 is 2.06 bits per heavy atom. The van der Waals surface area contributed by atoms with Crippen molar-refractivity contribution in [1.29, 1.82) is 0 Å². The number of benzene rings is 1. The Morgan fingerprint density at radius 1 is 1.29 bits per heavy atom. The van der Waals surface area contributed by atoms with Crippen molar-refractivity contribution >= 4 is 15.9 Å². The summed E-state index contributed by atoms with van der Waals surface area (Å²) in [7, 11) is 0. The fourth-order valence-electron chi connectivity index (χ4n) is 2.73. The van der Waals surface area contributed by atoms with Crippen molar-refractivity contribution in [3.63, 3.8) is 0 Å². The highest BCUT2D eigenvalue weighted by Gasteiger charge is 2.19. The van der Waals surface area contributed by atoms with Gasteiger partial charge in [0.25, 0.3) is 0 Å². The normalized spacial score (nSPS) is 19.2. The van der Waals surface area contributed by atoms with Crippen molar-refractivity contribution in [3.8, 4) is 0 Å². The highest BCUT2D eigenvalue weighted by molar-refractivity contribution is 9.10. The molecule has 0 amide bonds. The van der Waals surface area contributed by atoms with Crippen LogP contribution in [0.25, 0.3) is 0 Å². The summed E-state index contributed by atoms with van der Waals surface area (Å²) in [5, 5.41) is 3.68. The first-order valence-electron chi connectivity index (χ1n) is 6.73. The molecule has 1 aromatic rings. The maximum atomic E-state index is 3.68. The van der Waals surface area contributed by atoms with Crippen molar-refractivity contribution in [3.05, 3.63) is 34.3 Å². The molecule has 0 heterocycles. The van der Waals surface area contributed by atoms with Gasteiger partial charge in [-0.2, -0.15) is 0 Å². The van der Waals surface area contributed by atoms with Gasteiger partial charge in [-0.15, -0.1) is 0 Å². The van der Waals surface area contributed by atoms with E-state index in [0.29, 0.717) is 6.04 Å². The maximum absolute atomic E-state index is 3.68. The molecule has 1 fully saturated rings. The standard InChI is InChI=1S/C15H22BrN/c1-12(14-7-3-2-4-8-14)17-11-13-6-5-9-15(16)10-13/h5-6,9-10,12,14,17H,2-4,7-8,11H2,1H3/t12-/m1/s1. The highest BCUT2D eigenvalue weighted by Crippen LogP contribution is 2.26. The number of rotatable bonds is 4. The van der Waals surface area contributed by atoms with Crippen LogP contribution in [0.2, 0.25) is 0 Å². The molecule has 1 N–H and O–H groups in total. The Hall–Kier alpha value is -0.340. The second kappa shape index (κ2) is 6.55. The predicted octanol–water partition coefficient (Wildman–Crippen LogP) is 4.51. The van der Waals surface area contributed by atoms with Gasteiger partial charge < -0.3 is 5.32 Å². The Labute approximate surface area is 113 Å². The molecule has 0 radical (unpaired) electrons.